The van der Waals surface area contributed by atoms with E-state index in [-0.39, 0.29) is 18.3 Å². The van der Waals surface area contributed by atoms with Gasteiger partial charge in [0.25, 0.3) is 0 Å². The summed E-state index contributed by atoms with van der Waals surface area (Å²) in [6, 6.07) is 7.97. The van der Waals surface area contributed by atoms with E-state index >= 15 is 0 Å². The molecule has 2 aromatic carbocycles. The summed E-state index contributed by atoms with van der Waals surface area (Å²) in [5.41, 5.74) is 1.58. The molecule has 1 amide bonds. The molecule has 0 atom stereocenters. The summed E-state index contributed by atoms with van der Waals surface area (Å²) in [5, 5.41) is 5.60. The molecule has 0 bridgehead atoms. The summed E-state index contributed by atoms with van der Waals surface area (Å²) in [7, 11) is 4.50. The fourth-order valence-corrected chi connectivity index (χ4v) is 2.24. The maximum absolute atomic E-state index is 13.5. The number of benzene rings is 2. The first-order valence-electron chi connectivity index (χ1n) is 7.58. The maximum Gasteiger partial charge on any atom is 0.243 e. The Balaban J connectivity index is 2.05. The number of anilines is 2. The number of hydrogen-bond donors (Lipinski definition) is 2. The van der Waals surface area contributed by atoms with Gasteiger partial charge in [-0.2, -0.15) is 0 Å². The lowest BCUT2D eigenvalue weighted by atomic mass is 10.2. The largest absolute Gasteiger partial charge is 0.493 e. The van der Waals surface area contributed by atoms with Crippen LogP contribution >= 0.6 is 0 Å². The second kappa shape index (κ2) is 8.23. The fourth-order valence-electron chi connectivity index (χ4n) is 2.24. The molecule has 0 heterocycles. The predicted molar refractivity (Wildman–Crippen MR) is 94.4 cm³/mol. The molecular formula is C18H21FN2O4. The van der Waals surface area contributed by atoms with Crippen LogP contribution in [0.15, 0.2) is 30.3 Å². The molecule has 0 aliphatic carbocycles. The van der Waals surface area contributed by atoms with Crippen LogP contribution < -0.4 is 24.8 Å². The van der Waals surface area contributed by atoms with Crippen molar-refractivity contribution in [1.29, 1.82) is 0 Å². The normalized spacial score (nSPS) is 10.1. The zero-order valence-corrected chi connectivity index (χ0v) is 14.6. The van der Waals surface area contributed by atoms with Crippen LogP contribution in [0.2, 0.25) is 0 Å². The zero-order chi connectivity index (χ0) is 18.4. The Hall–Kier alpha value is -2.96. The number of amides is 1. The molecule has 6 nitrogen and oxygen atoms in total. The first kappa shape index (κ1) is 18.4. The number of carbonyl (C=O) groups is 1. The van der Waals surface area contributed by atoms with Gasteiger partial charge in [-0.15, -0.1) is 0 Å². The third-order valence-electron chi connectivity index (χ3n) is 3.57. The second-order valence-corrected chi connectivity index (χ2v) is 5.28. The number of ether oxygens (including phenoxy) is 3. The molecule has 0 saturated carbocycles. The molecule has 0 radical (unpaired) electrons. The van der Waals surface area contributed by atoms with E-state index in [2.05, 4.69) is 10.6 Å². The first-order chi connectivity index (χ1) is 12.0. The quantitative estimate of drug-likeness (QED) is 0.804. The van der Waals surface area contributed by atoms with Gasteiger partial charge in [0, 0.05) is 23.5 Å². The van der Waals surface area contributed by atoms with E-state index in [1.165, 1.54) is 27.4 Å². The zero-order valence-electron chi connectivity index (χ0n) is 14.6. The molecule has 7 heteroatoms. The molecule has 2 aromatic rings. The molecule has 2 rings (SSSR count). The topological polar surface area (TPSA) is 68.8 Å². The van der Waals surface area contributed by atoms with Gasteiger partial charge in [0.2, 0.25) is 11.7 Å². The Morgan fingerprint density at radius 3 is 2.16 bits per heavy atom. The van der Waals surface area contributed by atoms with Crippen LogP contribution in [0.3, 0.4) is 0 Å². The number of halogens is 1. The SMILES string of the molecule is COc1cc(NC(=O)CNc2ccc(C)c(F)c2)cc(OC)c1OC. The van der Waals surface area contributed by atoms with E-state index in [1.54, 1.807) is 31.2 Å². The van der Waals surface area contributed by atoms with E-state index < -0.39 is 0 Å². The Kier molecular flexibility index (Phi) is 6.05. The van der Waals surface area contributed by atoms with Crippen molar-refractivity contribution in [2.24, 2.45) is 0 Å². The number of nitrogens with one attached hydrogen (secondary N) is 2. The van der Waals surface area contributed by atoms with Crippen molar-refractivity contribution in [3.63, 3.8) is 0 Å². The molecule has 0 spiro atoms. The monoisotopic (exact) mass is 348 g/mol. The first-order valence-corrected chi connectivity index (χ1v) is 7.58. The lowest BCUT2D eigenvalue weighted by Gasteiger charge is -2.15. The van der Waals surface area contributed by atoms with Gasteiger partial charge >= 0.3 is 0 Å². The Morgan fingerprint density at radius 1 is 1.00 bits per heavy atom. The van der Waals surface area contributed by atoms with Gasteiger partial charge in [-0.3, -0.25) is 4.79 Å². The van der Waals surface area contributed by atoms with Crippen LogP contribution in [-0.4, -0.2) is 33.8 Å². The third-order valence-corrected chi connectivity index (χ3v) is 3.57. The number of methoxy groups -OCH3 is 3. The summed E-state index contributed by atoms with van der Waals surface area (Å²) in [6.45, 7) is 1.66. The van der Waals surface area contributed by atoms with Crippen molar-refractivity contribution in [2.45, 2.75) is 6.92 Å². The molecular weight excluding hydrogens is 327 g/mol. The van der Waals surface area contributed by atoms with E-state index in [1.807, 2.05) is 0 Å². The summed E-state index contributed by atoms with van der Waals surface area (Å²) in [4.78, 5) is 12.1. The predicted octanol–water partition coefficient (Wildman–Crippen LogP) is 3.21. The van der Waals surface area contributed by atoms with Crippen LogP contribution in [0.5, 0.6) is 17.2 Å². The molecule has 0 unspecified atom stereocenters. The highest BCUT2D eigenvalue weighted by Crippen LogP contribution is 2.39. The van der Waals surface area contributed by atoms with Crippen LogP contribution in [0, 0.1) is 12.7 Å². The van der Waals surface area contributed by atoms with E-state index in [0.717, 1.165) is 0 Å². The Morgan fingerprint density at radius 2 is 1.64 bits per heavy atom. The number of aryl methyl sites for hydroxylation is 1. The Bertz CT molecular complexity index is 740. The lowest BCUT2D eigenvalue weighted by molar-refractivity contribution is -0.114. The van der Waals surface area contributed by atoms with Gasteiger partial charge in [0.05, 0.1) is 27.9 Å². The number of carbonyl (C=O) groups excluding carboxylic acids is 1. The highest BCUT2D eigenvalue weighted by atomic mass is 19.1. The van der Waals surface area contributed by atoms with Crippen molar-refractivity contribution in [2.75, 3.05) is 38.5 Å². The molecule has 0 aliphatic rings. The maximum atomic E-state index is 13.5. The van der Waals surface area contributed by atoms with Crippen molar-refractivity contribution in [3.8, 4) is 17.2 Å². The second-order valence-electron chi connectivity index (χ2n) is 5.28. The molecule has 0 aromatic heterocycles. The van der Waals surface area contributed by atoms with Crippen molar-refractivity contribution < 1.29 is 23.4 Å². The average Bonchev–Trinajstić information content (AvgIpc) is 2.61. The highest BCUT2D eigenvalue weighted by molar-refractivity contribution is 5.94. The standard InChI is InChI=1S/C18H21FN2O4/c1-11-5-6-12(7-14(11)19)20-10-17(22)21-13-8-15(23-2)18(25-4)16(9-13)24-3/h5-9,20H,10H2,1-4H3,(H,21,22). The van der Waals surface area contributed by atoms with Crippen LogP contribution in [0.4, 0.5) is 15.8 Å². The van der Waals surface area contributed by atoms with E-state index in [0.29, 0.717) is 34.2 Å². The van der Waals surface area contributed by atoms with E-state index in [4.69, 9.17) is 14.2 Å². The van der Waals surface area contributed by atoms with Gasteiger partial charge in [-0.25, -0.2) is 4.39 Å². The molecule has 2 N–H and O–H groups in total. The molecule has 0 saturated heterocycles. The molecule has 25 heavy (non-hydrogen) atoms. The highest BCUT2D eigenvalue weighted by Gasteiger charge is 2.14. The summed E-state index contributed by atoms with van der Waals surface area (Å²) < 4.78 is 29.2. The van der Waals surface area contributed by atoms with Gasteiger partial charge in [-0.1, -0.05) is 6.07 Å². The van der Waals surface area contributed by atoms with Gasteiger partial charge < -0.3 is 24.8 Å². The van der Waals surface area contributed by atoms with Gasteiger partial charge in [0.15, 0.2) is 11.5 Å². The summed E-state index contributed by atoms with van der Waals surface area (Å²) >= 11 is 0. The van der Waals surface area contributed by atoms with Gasteiger partial charge in [0.1, 0.15) is 5.82 Å². The van der Waals surface area contributed by atoms with Crippen molar-refractivity contribution in [1.82, 2.24) is 0 Å². The minimum Gasteiger partial charge on any atom is -0.493 e. The smallest absolute Gasteiger partial charge is 0.243 e. The van der Waals surface area contributed by atoms with Gasteiger partial charge in [-0.05, 0) is 24.6 Å². The minimum atomic E-state index is -0.324. The van der Waals surface area contributed by atoms with Crippen LogP contribution in [-0.2, 0) is 4.79 Å². The van der Waals surface area contributed by atoms with Crippen molar-refractivity contribution >= 4 is 17.3 Å². The van der Waals surface area contributed by atoms with Crippen LogP contribution in [0.25, 0.3) is 0 Å². The summed E-state index contributed by atoms with van der Waals surface area (Å²) in [6.07, 6.45) is 0. The molecule has 0 fully saturated rings. The number of hydrogen-bond acceptors (Lipinski definition) is 5. The number of rotatable bonds is 7. The molecule has 134 valence electrons. The van der Waals surface area contributed by atoms with Crippen LogP contribution in [0.1, 0.15) is 5.56 Å². The third kappa shape index (κ3) is 4.53. The average molecular weight is 348 g/mol. The van der Waals surface area contributed by atoms with E-state index in [9.17, 15) is 9.18 Å². The molecule has 0 aliphatic heterocycles. The Labute approximate surface area is 145 Å². The fraction of sp³-hybridized carbons (Fsp3) is 0.278. The minimum absolute atomic E-state index is 0.0147. The summed E-state index contributed by atoms with van der Waals surface area (Å²) in [5.74, 6) is 0.693. The lowest BCUT2D eigenvalue weighted by Crippen LogP contribution is -2.21. The van der Waals surface area contributed by atoms with Crippen molar-refractivity contribution in [3.05, 3.63) is 41.7 Å².